The third-order valence-corrected chi connectivity index (χ3v) is 4.23. The van der Waals surface area contributed by atoms with Gasteiger partial charge in [-0.2, -0.15) is 0 Å². The van der Waals surface area contributed by atoms with Crippen LogP contribution in [0.2, 0.25) is 0 Å². The summed E-state index contributed by atoms with van der Waals surface area (Å²) in [4.78, 5) is 27.1. The van der Waals surface area contributed by atoms with Crippen molar-refractivity contribution in [2.75, 3.05) is 0 Å². The Kier molecular flexibility index (Phi) is 4.92. The summed E-state index contributed by atoms with van der Waals surface area (Å²) in [6.45, 7) is 0.269. The molecule has 2 atom stereocenters. The fraction of sp³-hybridized carbons (Fsp3) is 0.278. The van der Waals surface area contributed by atoms with Crippen LogP contribution in [0.25, 0.3) is 0 Å². The molecule has 0 radical (unpaired) electrons. The van der Waals surface area contributed by atoms with E-state index in [0.29, 0.717) is 24.5 Å². The van der Waals surface area contributed by atoms with Gasteiger partial charge in [0.05, 0.1) is 11.8 Å². The van der Waals surface area contributed by atoms with Gasteiger partial charge in [-0.3, -0.25) is 9.59 Å². The predicted molar refractivity (Wildman–Crippen MR) is 86.4 cm³/mol. The number of aliphatic carboxylic acids is 1. The molecule has 2 unspecified atom stereocenters. The zero-order valence-electron chi connectivity index (χ0n) is 13.3. The molecule has 130 valence electrons. The summed E-state index contributed by atoms with van der Waals surface area (Å²) in [7, 11) is 0. The minimum atomic E-state index is -0.921. The highest BCUT2D eigenvalue weighted by atomic mass is 19.1. The fourth-order valence-electron chi connectivity index (χ4n) is 2.63. The van der Waals surface area contributed by atoms with Gasteiger partial charge in [-0.1, -0.05) is 6.07 Å². The molecular formula is C18H17FN2O4. The number of pyridine rings is 1. The number of rotatable bonds is 6. The molecule has 6 nitrogen and oxygen atoms in total. The van der Waals surface area contributed by atoms with E-state index in [1.165, 1.54) is 24.3 Å². The van der Waals surface area contributed by atoms with E-state index in [2.05, 4.69) is 10.3 Å². The number of carbonyl (C=O) groups excluding carboxylic acids is 1. The lowest BCUT2D eigenvalue weighted by atomic mass is 9.73. The number of carboxylic acid groups (broad SMARTS) is 1. The lowest BCUT2D eigenvalue weighted by Gasteiger charge is -2.31. The summed E-state index contributed by atoms with van der Waals surface area (Å²) in [5.41, 5.74) is 0.769. The molecule has 1 fully saturated rings. The number of hydrogen-bond donors (Lipinski definition) is 2. The Morgan fingerprint density at radius 1 is 1.16 bits per heavy atom. The number of nitrogens with one attached hydrogen (secondary N) is 1. The van der Waals surface area contributed by atoms with Crippen molar-refractivity contribution in [3.05, 3.63) is 54.0 Å². The molecule has 7 heteroatoms. The van der Waals surface area contributed by atoms with Crippen molar-refractivity contribution in [3.63, 3.8) is 0 Å². The SMILES string of the molecule is O=C(O)C1CCC1C(=O)NCc1ccc(Oc2ccc(F)cc2)nc1. The van der Waals surface area contributed by atoms with Crippen LogP contribution in [0, 0.1) is 17.7 Å². The van der Waals surface area contributed by atoms with Crippen molar-refractivity contribution in [2.24, 2.45) is 11.8 Å². The maximum Gasteiger partial charge on any atom is 0.307 e. The first kappa shape index (κ1) is 16.9. The zero-order valence-corrected chi connectivity index (χ0v) is 13.3. The van der Waals surface area contributed by atoms with Gasteiger partial charge in [0, 0.05) is 18.8 Å². The number of nitrogens with zero attached hydrogens (tertiary/aromatic N) is 1. The lowest BCUT2D eigenvalue weighted by molar-refractivity contribution is -0.152. The molecule has 2 aromatic rings. The van der Waals surface area contributed by atoms with Crippen LogP contribution in [0.4, 0.5) is 4.39 Å². The van der Waals surface area contributed by atoms with Crippen molar-refractivity contribution in [1.29, 1.82) is 0 Å². The normalized spacial score (nSPS) is 18.9. The van der Waals surface area contributed by atoms with Crippen molar-refractivity contribution in [1.82, 2.24) is 10.3 Å². The number of hydrogen-bond acceptors (Lipinski definition) is 4. The van der Waals surface area contributed by atoms with Crippen LogP contribution in [0.3, 0.4) is 0 Å². The third-order valence-electron chi connectivity index (χ3n) is 4.23. The molecule has 0 saturated heterocycles. The van der Waals surface area contributed by atoms with E-state index in [0.717, 1.165) is 5.56 Å². The molecule has 1 aliphatic carbocycles. The first-order valence-electron chi connectivity index (χ1n) is 7.92. The molecule has 25 heavy (non-hydrogen) atoms. The van der Waals surface area contributed by atoms with Crippen LogP contribution in [0.5, 0.6) is 11.6 Å². The van der Waals surface area contributed by atoms with E-state index in [-0.39, 0.29) is 18.3 Å². The number of carbonyl (C=O) groups is 2. The van der Waals surface area contributed by atoms with E-state index >= 15 is 0 Å². The van der Waals surface area contributed by atoms with Crippen molar-refractivity contribution in [3.8, 4) is 11.6 Å². The minimum Gasteiger partial charge on any atom is -0.481 e. The number of ether oxygens (including phenoxy) is 1. The molecule has 1 saturated carbocycles. The smallest absolute Gasteiger partial charge is 0.307 e. The molecule has 0 aliphatic heterocycles. The second kappa shape index (κ2) is 7.29. The number of amides is 1. The first-order chi connectivity index (χ1) is 12.0. The molecular weight excluding hydrogens is 327 g/mol. The second-order valence-electron chi connectivity index (χ2n) is 5.91. The van der Waals surface area contributed by atoms with E-state index in [1.807, 2.05) is 0 Å². The number of aromatic nitrogens is 1. The molecule has 2 N–H and O–H groups in total. The van der Waals surface area contributed by atoms with Gasteiger partial charge in [0.25, 0.3) is 0 Å². The number of halogens is 1. The molecule has 3 rings (SSSR count). The standard InChI is InChI=1S/C18H17FN2O4/c19-12-2-4-13(5-3-12)25-16-8-1-11(9-20-16)10-21-17(22)14-6-7-15(14)18(23)24/h1-5,8-9,14-15H,6-7,10H2,(H,21,22)(H,23,24). The Morgan fingerprint density at radius 3 is 2.44 bits per heavy atom. The second-order valence-corrected chi connectivity index (χ2v) is 5.91. The summed E-state index contributed by atoms with van der Waals surface area (Å²) in [6.07, 6.45) is 2.71. The van der Waals surface area contributed by atoms with Crippen LogP contribution >= 0.6 is 0 Å². The number of carboxylic acids is 1. The summed E-state index contributed by atoms with van der Waals surface area (Å²) in [5.74, 6) is -1.72. The molecule has 1 aromatic carbocycles. The van der Waals surface area contributed by atoms with Crippen LogP contribution in [0.1, 0.15) is 18.4 Å². The Labute approximate surface area is 143 Å². The largest absolute Gasteiger partial charge is 0.481 e. The summed E-state index contributed by atoms with van der Waals surface area (Å²) in [6, 6.07) is 9.00. The van der Waals surface area contributed by atoms with Gasteiger partial charge in [0.1, 0.15) is 11.6 Å². The van der Waals surface area contributed by atoms with Gasteiger partial charge in [0.2, 0.25) is 11.8 Å². The van der Waals surface area contributed by atoms with Crippen LogP contribution in [0.15, 0.2) is 42.6 Å². The average molecular weight is 344 g/mol. The van der Waals surface area contributed by atoms with Gasteiger partial charge >= 0.3 is 5.97 Å². The van der Waals surface area contributed by atoms with Crippen LogP contribution in [-0.4, -0.2) is 22.0 Å². The lowest BCUT2D eigenvalue weighted by Crippen LogP contribution is -2.43. The van der Waals surface area contributed by atoms with Crippen molar-refractivity contribution < 1.29 is 23.8 Å². The van der Waals surface area contributed by atoms with Gasteiger partial charge in [-0.05, 0) is 42.7 Å². The molecule has 1 aromatic heterocycles. The quantitative estimate of drug-likeness (QED) is 0.841. The Hall–Kier alpha value is -2.96. The third kappa shape index (κ3) is 4.12. The Morgan fingerprint density at radius 2 is 1.88 bits per heavy atom. The van der Waals surface area contributed by atoms with E-state index in [9.17, 15) is 14.0 Å². The summed E-state index contributed by atoms with van der Waals surface area (Å²) in [5, 5.41) is 11.7. The van der Waals surface area contributed by atoms with Gasteiger partial charge in [0.15, 0.2) is 0 Å². The molecule has 0 spiro atoms. The first-order valence-corrected chi connectivity index (χ1v) is 7.92. The van der Waals surface area contributed by atoms with E-state index in [1.54, 1.807) is 18.3 Å². The monoisotopic (exact) mass is 344 g/mol. The van der Waals surface area contributed by atoms with Crippen LogP contribution < -0.4 is 10.1 Å². The minimum absolute atomic E-state index is 0.245. The topological polar surface area (TPSA) is 88.5 Å². The molecule has 0 bridgehead atoms. The Balaban J connectivity index is 1.51. The predicted octanol–water partition coefficient (Wildman–Crippen LogP) is 2.74. The highest BCUT2D eigenvalue weighted by Crippen LogP contribution is 2.34. The Bertz CT molecular complexity index is 762. The van der Waals surface area contributed by atoms with E-state index in [4.69, 9.17) is 9.84 Å². The van der Waals surface area contributed by atoms with Gasteiger partial charge in [-0.15, -0.1) is 0 Å². The van der Waals surface area contributed by atoms with Crippen molar-refractivity contribution >= 4 is 11.9 Å². The molecule has 1 heterocycles. The molecule has 1 aliphatic rings. The van der Waals surface area contributed by atoms with Crippen LogP contribution in [-0.2, 0) is 16.1 Å². The highest BCUT2D eigenvalue weighted by molar-refractivity contribution is 5.86. The summed E-state index contributed by atoms with van der Waals surface area (Å²) < 4.78 is 18.3. The zero-order chi connectivity index (χ0) is 17.8. The maximum atomic E-state index is 12.8. The van der Waals surface area contributed by atoms with Gasteiger partial charge in [-0.25, -0.2) is 9.37 Å². The number of benzene rings is 1. The van der Waals surface area contributed by atoms with Crippen molar-refractivity contribution in [2.45, 2.75) is 19.4 Å². The summed E-state index contributed by atoms with van der Waals surface area (Å²) >= 11 is 0. The fourth-order valence-corrected chi connectivity index (χ4v) is 2.63. The highest BCUT2D eigenvalue weighted by Gasteiger charge is 2.41. The van der Waals surface area contributed by atoms with Gasteiger partial charge < -0.3 is 15.2 Å². The maximum absolute atomic E-state index is 12.8. The molecule has 1 amide bonds. The van der Waals surface area contributed by atoms with E-state index < -0.39 is 17.8 Å². The average Bonchev–Trinajstić information content (AvgIpc) is 2.55.